The smallest absolute Gasteiger partial charge is 0.310 e. The molecule has 130 valence electrons. The van der Waals surface area contributed by atoms with Gasteiger partial charge >= 0.3 is 5.97 Å². The number of nitrogens with one attached hydrogen (secondary N) is 1. The molecule has 0 spiro atoms. The maximum atomic E-state index is 11.9. The number of ether oxygens (including phenoxy) is 2. The summed E-state index contributed by atoms with van der Waals surface area (Å²) in [4.78, 5) is 23.6. The number of carbonyl (C=O) groups is 2. The molecule has 0 fully saturated rings. The number of furan rings is 1. The SMILES string of the molecule is CCCC(C)NC(=O)COC(=O)Cc1coc2cc(OC)ccc12. The lowest BCUT2D eigenvalue weighted by atomic mass is 10.1. The fourth-order valence-corrected chi connectivity index (χ4v) is 2.50. The van der Waals surface area contributed by atoms with Crippen LogP contribution in [-0.2, 0) is 20.7 Å². The quantitative estimate of drug-likeness (QED) is 0.752. The molecule has 0 aliphatic rings. The molecule has 1 N–H and O–H groups in total. The summed E-state index contributed by atoms with van der Waals surface area (Å²) in [7, 11) is 1.58. The number of methoxy groups -OCH3 is 1. The molecule has 1 aromatic carbocycles. The monoisotopic (exact) mass is 333 g/mol. The van der Waals surface area contributed by atoms with Gasteiger partial charge in [-0.3, -0.25) is 9.59 Å². The first-order valence-electron chi connectivity index (χ1n) is 8.02. The van der Waals surface area contributed by atoms with Gasteiger partial charge in [0.1, 0.15) is 11.3 Å². The molecule has 0 saturated heterocycles. The minimum atomic E-state index is -0.466. The zero-order valence-electron chi connectivity index (χ0n) is 14.3. The Morgan fingerprint density at radius 3 is 2.83 bits per heavy atom. The summed E-state index contributed by atoms with van der Waals surface area (Å²) in [5, 5.41) is 3.62. The van der Waals surface area contributed by atoms with Gasteiger partial charge in [-0.15, -0.1) is 0 Å². The second kappa shape index (κ2) is 8.38. The Kier molecular flexibility index (Phi) is 6.23. The first-order valence-corrected chi connectivity index (χ1v) is 8.02. The highest BCUT2D eigenvalue weighted by atomic mass is 16.5. The summed E-state index contributed by atoms with van der Waals surface area (Å²) in [6, 6.07) is 5.47. The molecule has 0 radical (unpaired) electrons. The minimum absolute atomic E-state index is 0.0527. The van der Waals surface area contributed by atoms with Crippen LogP contribution in [0.1, 0.15) is 32.3 Å². The Labute approximate surface area is 141 Å². The zero-order valence-corrected chi connectivity index (χ0v) is 14.3. The van der Waals surface area contributed by atoms with Crippen molar-refractivity contribution in [2.75, 3.05) is 13.7 Å². The second-order valence-corrected chi connectivity index (χ2v) is 5.72. The molecule has 24 heavy (non-hydrogen) atoms. The van der Waals surface area contributed by atoms with E-state index in [9.17, 15) is 9.59 Å². The highest BCUT2D eigenvalue weighted by Crippen LogP contribution is 2.25. The highest BCUT2D eigenvalue weighted by Gasteiger charge is 2.14. The number of fused-ring (bicyclic) bond motifs is 1. The van der Waals surface area contributed by atoms with Gasteiger partial charge in [-0.25, -0.2) is 0 Å². The third-order valence-electron chi connectivity index (χ3n) is 3.69. The molecule has 6 heteroatoms. The average molecular weight is 333 g/mol. The van der Waals surface area contributed by atoms with E-state index in [1.54, 1.807) is 19.2 Å². The maximum Gasteiger partial charge on any atom is 0.310 e. The number of esters is 1. The Bertz CT molecular complexity index is 706. The van der Waals surface area contributed by atoms with Crippen molar-refractivity contribution < 1.29 is 23.5 Å². The first-order chi connectivity index (χ1) is 11.5. The summed E-state index contributed by atoms with van der Waals surface area (Å²) in [6.45, 7) is 3.71. The number of carbonyl (C=O) groups excluding carboxylic acids is 2. The first kappa shape index (κ1) is 17.8. The molecule has 0 bridgehead atoms. The molecular formula is C18H23NO5. The van der Waals surface area contributed by atoms with E-state index in [0.717, 1.165) is 23.8 Å². The average Bonchev–Trinajstić information content (AvgIpc) is 2.95. The summed E-state index contributed by atoms with van der Waals surface area (Å²) >= 11 is 0. The Morgan fingerprint density at radius 1 is 1.33 bits per heavy atom. The maximum absolute atomic E-state index is 11.9. The van der Waals surface area contributed by atoms with Crippen molar-refractivity contribution >= 4 is 22.8 Å². The van der Waals surface area contributed by atoms with E-state index in [1.807, 2.05) is 19.9 Å². The van der Waals surface area contributed by atoms with E-state index in [1.165, 1.54) is 6.26 Å². The molecule has 2 rings (SSSR count). The largest absolute Gasteiger partial charge is 0.497 e. The minimum Gasteiger partial charge on any atom is -0.497 e. The van der Waals surface area contributed by atoms with E-state index >= 15 is 0 Å². The van der Waals surface area contributed by atoms with Crippen molar-refractivity contribution in [3.8, 4) is 5.75 Å². The van der Waals surface area contributed by atoms with Gasteiger partial charge in [-0.2, -0.15) is 0 Å². The van der Waals surface area contributed by atoms with Crippen LogP contribution in [0, 0.1) is 0 Å². The molecule has 6 nitrogen and oxygen atoms in total. The van der Waals surface area contributed by atoms with Crippen molar-refractivity contribution in [3.05, 3.63) is 30.0 Å². The molecule has 0 aliphatic heterocycles. The van der Waals surface area contributed by atoms with Crippen molar-refractivity contribution in [3.63, 3.8) is 0 Å². The van der Waals surface area contributed by atoms with Gasteiger partial charge in [-0.05, 0) is 25.5 Å². The van der Waals surface area contributed by atoms with Gasteiger partial charge in [0.25, 0.3) is 5.91 Å². The summed E-state index contributed by atoms with van der Waals surface area (Å²) in [5.41, 5.74) is 1.36. The van der Waals surface area contributed by atoms with Gasteiger partial charge in [-0.1, -0.05) is 13.3 Å². The van der Waals surface area contributed by atoms with Gasteiger partial charge in [0, 0.05) is 23.1 Å². The number of rotatable bonds is 8. The molecule has 2 aromatic rings. The van der Waals surface area contributed by atoms with Crippen LogP contribution in [0.15, 0.2) is 28.9 Å². The molecule has 1 heterocycles. The van der Waals surface area contributed by atoms with Crippen LogP contribution >= 0.6 is 0 Å². The topological polar surface area (TPSA) is 77.8 Å². The van der Waals surface area contributed by atoms with Crippen LogP contribution < -0.4 is 10.1 Å². The van der Waals surface area contributed by atoms with Crippen LogP contribution in [-0.4, -0.2) is 31.6 Å². The lowest BCUT2D eigenvalue weighted by Gasteiger charge is -2.12. The second-order valence-electron chi connectivity index (χ2n) is 5.72. The lowest BCUT2D eigenvalue weighted by molar-refractivity contribution is -0.148. The molecule has 0 saturated carbocycles. The van der Waals surface area contributed by atoms with Crippen LogP contribution in [0.3, 0.4) is 0 Å². The number of amides is 1. The molecule has 0 aliphatic carbocycles. The van der Waals surface area contributed by atoms with Crippen LogP contribution in [0.2, 0.25) is 0 Å². The summed E-state index contributed by atoms with van der Waals surface area (Å²) in [6.07, 6.45) is 3.45. The Morgan fingerprint density at radius 2 is 2.12 bits per heavy atom. The van der Waals surface area contributed by atoms with Crippen LogP contribution in [0.4, 0.5) is 0 Å². The van der Waals surface area contributed by atoms with Crippen LogP contribution in [0.5, 0.6) is 5.75 Å². The normalized spacial score (nSPS) is 12.0. The molecule has 1 amide bonds. The molecule has 1 aromatic heterocycles. The van der Waals surface area contributed by atoms with E-state index in [2.05, 4.69) is 5.32 Å². The number of hydrogen-bond acceptors (Lipinski definition) is 5. The standard InChI is InChI=1S/C18H23NO5/c1-4-5-12(2)19-17(20)11-24-18(21)8-13-10-23-16-9-14(22-3)6-7-15(13)16/h6-7,9-10,12H,4-5,8,11H2,1-3H3,(H,19,20). The highest BCUT2D eigenvalue weighted by molar-refractivity contribution is 5.87. The van der Waals surface area contributed by atoms with Gasteiger partial charge in [0.2, 0.25) is 0 Å². The summed E-state index contributed by atoms with van der Waals surface area (Å²) < 4.78 is 15.6. The summed E-state index contributed by atoms with van der Waals surface area (Å²) in [5.74, 6) is -0.0678. The fraction of sp³-hybridized carbons (Fsp3) is 0.444. The molecule has 1 atom stereocenters. The predicted octanol–water partition coefficient (Wildman–Crippen LogP) is 2.83. The zero-order chi connectivity index (χ0) is 17.5. The fourth-order valence-electron chi connectivity index (χ4n) is 2.50. The van der Waals surface area contributed by atoms with Crippen molar-refractivity contribution in [2.45, 2.75) is 39.2 Å². The van der Waals surface area contributed by atoms with E-state index < -0.39 is 5.97 Å². The third-order valence-corrected chi connectivity index (χ3v) is 3.69. The van der Waals surface area contributed by atoms with Gasteiger partial charge in [0.15, 0.2) is 6.61 Å². The van der Waals surface area contributed by atoms with Gasteiger partial charge in [0.05, 0.1) is 19.8 Å². The van der Waals surface area contributed by atoms with E-state index in [0.29, 0.717) is 11.3 Å². The van der Waals surface area contributed by atoms with Crippen molar-refractivity contribution in [2.24, 2.45) is 0 Å². The number of benzene rings is 1. The third kappa shape index (κ3) is 4.75. The van der Waals surface area contributed by atoms with Crippen molar-refractivity contribution in [1.29, 1.82) is 0 Å². The van der Waals surface area contributed by atoms with E-state index in [-0.39, 0.29) is 25.0 Å². The number of hydrogen-bond donors (Lipinski definition) is 1. The molecule has 1 unspecified atom stereocenters. The van der Waals surface area contributed by atoms with Gasteiger partial charge < -0.3 is 19.2 Å². The Hall–Kier alpha value is -2.50. The van der Waals surface area contributed by atoms with E-state index in [4.69, 9.17) is 13.9 Å². The Balaban J connectivity index is 1.87. The lowest BCUT2D eigenvalue weighted by Crippen LogP contribution is -2.35. The predicted molar refractivity (Wildman–Crippen MR) is 89.9 cm³/mol. The van der Waals surface area contributed by atoms with Crippen molar-refractivity contribution in [1.82, 2.24) is 5.32 Å². The van der Waals surface area contributed by atoms with Crippen LogP contribution in [0.25, 0.3) is 11.0 Å². The molecular weight excluding hydrogens is 310 g/mol.